The van der Waals surface area contributed by atoms with Crippen LogP contribution in [-0.2, 0) is 9.16 Å². The molecular formula is C14H25BrO2Si. The molecule has 18 heavy (non-hydrogen) atoms. The predicted molar refractivity (Wildman–Crippen MR) is 82.4 cm³/mol. The highest BCUT2D eigenvalue weighted by molar-refractivity contribution is 9.12. The third kappa shape index (κ3) is 4.38. The van der Waals surface area contributed by atoms with Crippen LogP contribution < -0.4 is 0 Å². The zero-order chi connectivity index (χ0) is 13.8. The summed E-state index contributed by atoms with van der Waals surface area (Å²) in [5, 5.41) is 0.202. The molecule has 1 aliphatic heterocycles. The number of halogens is 1. The molecule has 2 atom stereocenters. The maximum absolute atomic E-state index is 6.39. The molecule has 0 aromatic carbocycles. The van der Waals surface area contributed by atoms with Crippen molar-refractivity contribution in [1.82, 2.24) is 0 Å². The maximum atomic E-state index is 6.39. The molecule has 0 aliphatic carbocycles. The van der Waals surface area contributed by atoms with E-state index in [1.54, 1.807) is 0 Å². The summed E-state index contributed by atoms with van der Waals surface area (Å²) in [5.74, 6) is 3.13. The fourth-order valence-electron chi connectivity index (χ4n) is 1.75. The van der Waals surface area contributed by atoms with Crippen molar-refractivity contribution >= 4 is 24.2 Å². The Hall–Kier alpha value is 0.177. The summed E-state index contributed by atoms with van der Waals surface area (Å²) < 4.78 is 12.2. The van der Waals surface area contributed by atoms with Crippen LogP contribution >= 0.6 is 15.9 Å². The molecule has 2 unspecified atom stereocenters. The summed E-state index contributed by atoms with van der Waals surface area (Å²) in [5.41, 5.74) is 0. The normalized spacial score (nSPS) is 23.1. The Morgan fingerprint density at radius 1 is 1.33 bits per heavy atom. The maximum Gasteiger partial charge on any atom is 0.193 e. The topological polar surface area (TPSA) is 18.5 Å². The average molecular weight is 333 g/mol. The molecule has 0 saturated carbocycles. The van der Waals surface area contributed by atoms with Gasteiger partial charge in [0.05, 0.1) is 6.10 Å². The second kappa shape index (κ2) is 6.56. The van der Waals surface area contributed by atoms with E-state index in [2.05, 4.69) is 60.5 Å². The Balaban J connectivity index is 2.76. The van der Waals surface area contributed by atoms with Crippen LogP contribution in [0.3, 0.4) is 0 Å². The summed E-state index contributed by atoms with van der Waals surface area (Å²) in [6.45, 7) is 12.1. The fourth-order valence-corrected chi connectivity index (χ4v) is 3.18. The van der Waals surface area contributed by atoms with E-state index in [1.807, 2.05) is 0 Å². The van der Waals surface area contributed by atoms with Crippen molar-refractivity contribution in [1.29, 1.82) is 0 Å². The van der Waals surface area contributed by atoms with Crippen LogP contribution in [0.5, 0.6) is 0 Å². The molecule has 0 spiro atoms. The quantitative estimate of drug-likeness (QED) is 0.566. The van der Waals surface area contributed by atoms with Gasteiger partial charge in [-0.05, 0) is 42.2 Å². The Morgan fingerprint density at radius 3 is 2.44 bits per heavy atom. The molecule has 0 amide bonds. The molecule has 1 rings (SSSR count). The lowest BCUT2D eigenvalue weighted by molar-refractivity contribution is -0.0364. The van der Waals surface area contributed by atoms with Crippen molar-refractivity contribution in [3.05, 3.63) is 0 Å². The van der Waals surface area contributed by atoms with Crippen molar-refractivity contribution in [3.8, 4) is 10.8 Å². The highest BCUT2D eigenvalue weighted by atomic mass is 79.9. The van der Waals surface area contributed by atoms with Gasteiger partial charge >= 0.3 is 0 Å². The molecule has 0 bridgehead atoms. The van der Waals surface area contributed by atoms with Crippen LogP contribution in [0.15, 0.2) is 0 Å². The van der Waals surface area contributed by atoms with Crippen molar-refractivity contribution in [2.45, 2.75) is 70.4 Å². The van der Waals surface area contributed by atoms with Gasteiger partial charge in [-0.25, -0.2) is 0 Å². The lowest BCUT2D eigenvalue weighted by Crippen LogP contribution is -2.47. The first-order valence-corrected chi connectivity index (χ1v) is 10.4. The van der Waals surface area contributed by atoms with Crippen LogP contribution in [0, 0.1) is 10.8 Å². The first-order chi connectivity index (χ1) is 8.28. The van der Waals surface area contributed by atoms with Crippen LogP contribution in [-0.4, -0.2) is 27.1 Å². The number of rotatable bonds is 3. The molecule has 4 heteroatoms. The molecule has 1 heterocycles. The summed E-state index contributed by atoms with van der Waals surface area (Å²) in [6, 6.07) is 0. The molecule has 104 valence electrons. The Kier molecular flexibility index (Phi) is 5.92. The van der Waals surface area contributed by atoms with E-state index >= 15 is 0 Å². The smallest absolute Gasteiger partial charge is 0.193 e. The van der Waals surface area contributed by atoms with Gasteiger partial charge in [-0.15, -0.1) is 0 Å². The van der Waals surface area contributed by atoms with Gasteiger partial charge in [-0.1, -0.05) is 26.7 Å². The molecule has 0 aromatic rings. The second-order valence-corrected chi connectivity index (χ2v) is 11.6. The van der Waals surface area contributed by atoms with Gasteiger partial charge in [0.15, 0.2) is 8.32 Å². The van der Waals surface area contributed by atoms with Gasteiger partial charge in [-0.2, -0.15) is 0 Å². The molecule has 0 aromatic heterocycles. The summed E-state index contributed by atoms with van der Waals surface area (Å²) >= 11 is 3.19. The third-order valence-corrected chi connectivity index (χ3v) is 8.66. The van der Waals surface area contributed by atoms with Gasteiger partial charge in [0.25, 0.3) is 0 Å². The van der Waals surface area contributed by atoms with Crippen LogP contribution in [0.2, 0.25) is 18.1 Å². The van der Waals surface area contributed by atoms with Gasteiger partial charge in [0.2, 0.25) is 0 Å². The summed E-state index contributed by atoms with van der Waals surface area (Å²) in [4.78, 5) is 2.82. The largest absolute Gasteiger partial charge is 0.401 e. The Bertz CT molecular complexity index is 319. The zero-order valence-corrected chi connectivity index (χ0v) is 14.8. The van der Waals surface area contributed by atoms with E-state index < -0.39 is 8.32 Å². The lowest BCUT2D eigenvalue weighted by Gasteiger charge is -2.40. The van der Waals surface area contributed by atoms with Crippen LogP contribution in [0.25, 0.3) is 0 Å². The minimum absolute atomic E-state index is 0.0921. The third-order valence-electron chi connectivity index (χ3n) is 3.98. The second-order valence-electron chi connectivity index (χ2n) is 6.44. The minimum Gasteiger partial charge on any atom is -0.401 e. The van der Waals surface area contributed by atoms with Crippen molar-refractivity contribution in [2.75, 3.05) is 6.61 Å². The summed E-state index contributed by atoms with van der Waals surface area (Å²) in [7, 11) is -1.79. The zero-order valence-electron chi connectivity index (χ0n) is 12.2. The first-order valence-electron chi connectivity index (χ1n) is 6.68. The number of hydrogen-bond donors (Lipinski definition) is 0. The summed E-state index contributed by atoms with van der Waals surface area (Å²) in [6.07, 6.45) is 3.47. The van der Waals surface area contributed by atoms with Crippen LogP contribution in [0.1, 0.15) is 40.0 Å². The van der Waals surface area contributed by atoms with Gasteiger partial charge < -0.3 is 9.16 Å². The Morgan fingerprint density at radius 2 is 2.00 bits per heavy atom. The first kappa shape index (κ1) is 16.2. The van der Waals surface area contributed by atoms with Crippen LogP contribution in [0.4, 0.5) is 0 Å². The molecule has 0 radical (unpaired) electrons. The fraction of sp³-hybridized carbons (Fsp3) is 0.857. The molecular weight excluding hydrogens is 308 g/mol. The van der Waals surface area contributed by atoms with Crippen molar-refractivity contribution in [2.24, 2.45) is 0 Å². The minimum atomic E-state index is -1.79. The van der Waals surface area contributed by atoms with Gasteiger partial charge in [0.1, 0.15) is 6.10 Å². The van der Waals surface area contributed by atoms with Gasteiger partial charge in [0, 0.05) is 22.5 Å². The standard InChI is InChI=1S/C14H25BrO2Si/c1-14(2,3)18(4,5)17-13(9-10-15)12-8-6-7-11-16-12/h12-13H,6-8,11H2,1-5H3. The van der Waals surface area contributed by atoms with E-state index in [-0.39, 0.29) is 17.2 Å². The highest BCUT2D eigenvalue weighted by Gasteiger charge is 2.40. The van der Waals surface area contributed by atoms with E-state index in [0.29, 0.717) is 0 Å². The van der Waals surface area contributed by atoms with E-state index in [1.165, 1.54) is 6.42 Å². The monoisotopic (exact) mass is 332 g/mol. The Labute approximate surface area is 121 Å². The van der Waals surface area contributed by atoms with Gasteiger partial charge in [-0.3, -0.25) is 0 Å². The van der Waals surface area contributed by atoms with E-state index in [4.69, 9.17) is 9.16 Å². The van der Waals surface area contributed by atoms with E-state index in [9.17, 15) is 0 Å². The SMILES string of the molecule is CC(C)(C)[Si](C)(C)OC(C#CBr)C1CCCCO1. The number of hydrogen-bond acceptors (Lipinski definition) is 2. The molecule has 1 fully saturated rings. The van der Waals surface area contributed by atoms with Crippen molar-refractivity contribution in [3.63, 3.8) is 0 Å². The predicted octanol–water partition coefficient (Wildman–Crippen LogP) is 4.30. The molecule has 1 saturated heterocycles. The number of ether oxygens (including phenoxy) is 1. The molecule has 2 nitrogen and oxygen atoms in total. The van der Waals surface area contributed by atoms with Crippen molar-refractivity contribution < 1.29 is 9.16 Å². The average Bonchev–Trinajstić information content (AvgIpc) is 2.28. The molecule has 0 N–H and O–H groups in total. The highest BCUT2D eigenvalue weighted by Crippen LogP contribution is 2.38. The van der Waals surface area contributed by atoms with E-state index in [0.717, 1.165) is 19.4 Å². The lowest BCUT2D eigenvalue weighted by atomic mass is 10.1. The molecule has 1 aliphatic rings.